The second kappa shape index (κ2) is 7.09. The van der Waals surface area contributed by atoms with Crippen molar-refractivity contribution >= 4 is 5.91 Å². The summed E-state index contributed by atoms with van der Waals surface area (Å²) < 4.78 is 5.59. The van der Waals surface area contributed by atoms with E-state index in [1.165, 1.54) is 0 Å². The Hall–Kier alpha value is -2.34. The number of amides is 1. The molecule has 1 aromatic carbocycles. The molecule has 1 aromatic heterocycles. The highest BCUT2D eigenvalue weighted by molar-refractivity contribution is 5.92. The Morgan fingerprint density at radius 3 is 2.82 bits per heavy atom. The quantitative estimate of drug-likeness (QED) is 0.761. The lowest BCUT2D eigenvalue weighted by Crippen LogP contribution is -2.28. The zero-order chi connectivity index (χ0) is 16.1. The van der Waals surface area contributed by atoms with Gasteiger partial charge in [-0.2, -0.15) is 5.10 Å². The first kappa shape index (κ1) is 16.0. The number of hydrogen-bond donors (Lipinski definition) is 3. The standard InChI is InChI=1S/C16H21N3O3/c1-10(2)22-13-6-4-5-12(8-13)15(20)9-17-16(21)14-7-11(3)18-19-14/h4-8,10,15,20H,9H2,1-3H3,(H,17,21)(H,18,19). The van der Waals surface area contributed by atoms with Crippen molar-refractivity contribution in [3.63, 3.8) is 0 Å². The molecule has 0 fully saturated rings. The van der Waals surface area contributed by atoms with Crippen LogP contribution < -0.4 is 10.1 Å². The van der Waals surface area contributed by atoms with Crippen LogP contribution in [-0.4, -0.2) is 33.9 Å². The molecule has 0 radical (unpaired) electrons. The first-order valence-electron chi connectivity index (χ1n) is 7.20. The molecule has 0 spiro atoms. The summed E-state index contributed by atoms with van der Waals surface area (Å²) in [6, 6.07) is 8.87. The molecule has 1 unspecified atom stereocenters. The van der Waals surface area contributed by atoms with Gasteiger partial charge in [-0.15, -0.1) is 0 Å². The van der Waals surface area contributed by atoms with Gasteiger partial charge in [0.2, 0.25) is 0 Å². The van der Waals surface area contributed by atoms with Gasteiger partial charge in [0.05, 0.1) is 12.2 Å². The molecule has 6 heteroatoms. The minimum absolute atomic E-state index is 0.0648. The number of benzene rings is 1. The molecule has 1 amide bonds. The summed E-state index contributed by atoms with van der Waals surface area (Å²) >= 11 is 0. The fraction of sp³-hybridized carbons (Fsp3) is 0.375. The second-order valence-electron chi connectivity index (χ2n) is 5.40. The summed E-state index contributed by atoms with van der Waals surface area (Å²) in [7, 11) is 0. The number of nitrogens with zero attached hydrogens (tertiary/aromatic N) is 1. The van der Waals surface area contributed by atoms with Gasteiger partial charge < -0.3 is 15.2 Å². The Balaban J connectivity index is 1.94. The van der Waals surface area contributed by atoms with E-state index in [1.54, 1.807) is 18.2 Å². The topological polar surface area (TPSA) is 87.2 Å². The molecule has 0 saturated heterocycles. The minimum Gasteiger partial charge on any atom is -0.491 e. The van der Waals surface area contributed by atoms with Crippen LogP contribution in [0.4, 0.5) is 0 Å². The molecule has 2 rings (SSSR count). The molecule has 1 heterocycles. The average molecular weight is 303 g/mol. The van der Waals surface area contributed by atoms with Crippen LogP contribution in [0, 0.1) is 6.92 Å². The second-order valence-corrected chi connectivity index (χ2v) is 5.40. The molecule has 1 atom stereocenters. The van der Waals surface area contributed by atoms with E-state index < -0.39 is 6.10 Å². The first-order chi connectivity index (χ1) is 10.5. The van der Waals surface area contributed by atoms with Crippen LogP contribution in [0.2, 0.25) is 0 Å². The minimum atomic E-state index is -0.806. The Kier molecular flexibility index (Phi) is 5.16. The highest BCUT2D eigenvalue weighted by Gasteiger charge is 2.13. The van der Waals surface area contributed by atoms with Gasteiger partial charge in [0.1, 0.15) is 11.4 Å². The van der Waals surface area contributed by atoms with Crippen molar-refractivity contribution in [2.45, 2.75) is 33.0 Å². The van der Waals surface area contributed by atoms with Gasteiger partial charge in [-0.3, -0.25) is 9.89 Å². The number of carbonyl (C=O) groups is 1. The van der Waals surface area contributed by atoms with Crippen LogP contribution in [0.25, 0.3) is 0 Å². The number of hydrogen-bond acceptors (Lipinski definition) is 4. The van der Waals surface area contributed by atoms with E-state index in [2.05, 4.69) is 15.5 Å². The van der Waals surface area contributed by atoms with Crippen molar-refractivity contribution in [3.05, 3.63) is 47.3 Å². The number of ether oxygens (including phenoxy) is 1. The maximum atomic E-state index is 11.9. The Morgan fingerprint density at radius 1 is 1.41 bits per heavy atom. The van der Waals surface area contributed by atoms with Gasteiger partial charge >= 0.3 is 0 Å². The summed E-state index contributed by atoms with van der Waals surface area (Å²) in [4.78, 5) is 11.9. The third-order valence-electron chi connectivity index (χ3n) is 3.01. The summed E-state index contributed by atoms with van der Waals surface area (Å²) in [5, 5.41) is 19.4. The predicted octanol–water partition coefficient (Wildman–Crippen LogP) is 1.97. The van der Waals surface area contributed by atoms with Crippen LogP contribution in [0.5, 0.6) is 5.75 Å². The van der Waals surface area contributed by atoms with Gasteiger partial charge in [0.25, 0.3) is 5.91 Å². The molecule has 0 aliphatic carbocycles. The van der Waals surface area contributed by atoms with E-state index in [9.17, 15) is 9.90 Å². The summed E-state index contributed by atoms with van der Waals surface area (Å²) in [5.74, 6) is 0.374. The molecule has 0 aliphatic rings. The average Bonchev–Trinajstić information content (AvgIpc) is 2.90. The van der Waals surface area contributed by atoms with E-state index in [1.807, 2.05) is 32.9 Å². The third kappa shape index (κ3) is 4.33. The molecular weight excluding hydrogens is 282 g/mol. The van der Waals surface area contributed by atoms with Gasteiger partial charge in [0, 0.05) is 12.2 Å². The largest absolute Gasteiger partial charge is 0.491 e. The molecule has 6 nitrogen and oxygen atoms in total. The number of carbonyl (C=O) groups excluding carboxylic acids is 1. The van der Waals surface area contributed by atoms with Gasteiger partial charge in [0.15, 0.2) is 0 Å². The number of aliphatic hydroxyl groups excluding tert-OH is 1. The van der Waals surface area contributed by atoms with Crippen LogP contribution in [-0.2, 0) is 0 Å². The molecule has 22 heavy (non-hydrogen) atoms. The summed E-state index contributed by atoms with van der Waals surface area (Å²) in [6.45, 7) is 5.80. The number of rotatable bonds is 6. The first-order valence-corrected chi connectivity index (χ1v) is 7.20. The predicted molar refractivity (Wildman–Crippen MR) is 82.8 cm³/mol. The van der Waals surface area contributed by atoms with E-state index in [0.717, 1.165) is 5.69 Å². The highest BCUT2D eigenvalue weighted by atomic mass is 16.5. The van der Waals surface area contributed by atoms with Crippen molar-refractivity contribution in [2.24, 2.45) is 0 Å². The Bertz CT molecular complexity index is 637. The maximum absolute atomic E-state index is 11.9. The molecule has 0 saturated carbocycles. The lowest BCUT2D eigenvalue weighted by atomic mass is 10.1. The molecule has 2 aromatic rings. The fourth-order valence-corrected chi connectivity index (χ4v) is 2.00. The third-order valence-corrected chi connectivity index (χ3v) is 3.01. The molecule has 0 aliphatic heterocycles. The SMILES string of the molecule is Cc1cc(C(=O)NCC(O)c2cccc(OC(C)C)c2)n[nH]1. The van der Waals surface area contributed by atoms with Gasteiger partial charge in [-0.25, -0.2) is 0 Å². The smallest absolute Gasteiger partial charge is 0.271 e. The monoisotopic (exact) mass is 303 g/mol. The van der Waals surface area contributed by atoms with Crippen molar-refractivity contribution in [2.75, 3.05) is 6.54 Å². The number of aliphatic hydroxyl groups is 1. The number of aryl methyl sites for hydroxylation is 1. The maximum Gasteiger partial charge on any atom is 0.271 e. The van der Waals surface area contributed by atoms with E-state index in [4.69, 9.17) is 4.74 Å². The fourth-order valence-electron chi connectivity index (χ4n) is 2.00. The Labute approximate surface area is 129 Å². The zero-order valence-corrected chi connectivity index (χ0v) is 13.0. The van der Waals surface area contributed by atoms with Crippen molar-refractivity contribution in [1.29, 1.82) is 0 Å². The van der Waals surface area contributed by atoms with E-state index in [0.29, 0.717) is 17.0 Å². The van der Waals surface area contributed by atoms with E-state index >= 15 is 0 Å². The zero-order valence-electron chi connectivity index (χ0n) is 13.0. The van der Waals surface area contributed by atoms with Crippen LogP contribution in [0.15, 0.2) is 30.3 Å². The lowest BCUT2D eigenvalue weighted by Gasteiger charge is -2.14. The van der Waals surface area contributed by atoms with Gasteiger partial charge in [-0.1, -0.05) is 12.1 Å². The number of H-pyrrole nitrogens is 1. The van der Waals surface area contributed by atoms with Crippen LogP contribution in [0.3, 0.4) is 0 Å². The van der Waals surface area contributed by atoms with Crippen molar-refractivity contribution in [3.8, 4) is 5.75 Å². The molecule has 0 bridgehead atoms. The van der Waals surface area contributed by atoms with Crippen LogP contribution >= 0.6 is 0 Å². The molecule has 118 valence electrons. The van der Waals surface area contributed by atoms with Crippen molar-refractivity contribution in [1.82, 2.24) is 15.5 Å². The summed E-state index contributed by atoms with van der Waals surface area (Å²) in [5.41, 5.74) is 1.81. The number of aromatic amines is 1. The number of nitrogens with one attached hydrogen (secondary N) is 2. The highest BCUT2D eigenvalue weighted by Crippen LogP contribution is 2.20. The lowest BCUT2D eigenvalue weighted by molar-refractivity contribution is 0.0911. The van der Waals surface area contributed by atoms with E-state index in [-0.39, 0.29) is 18.6 Å². The van der Waals surface area contributed by atoms with Crippen molar-refractivity contribution < 1.29 is 14.6 Å². The Morgan fingerprint density at radius 2 is 2.18 bits per heavy atom. The van der Waals surface area contributed by atoms with Crippen LogP contribution in [0.1, 0.15) is 41.7 Å². The molecular formula is C16H21N3O3. The van der Waals surface area contributed by atoms with Gasteiger partial charge in [-0.05, 0) is 44.5 Å². The molecule has 3 N–H and O–H groups in total. The number of aromatic nitrogens is 2. The normalized spacial score (nSPS) is 12.2. The summed E-state index contributed by atoms with van der Waals surface area (Å²) in [6.07, 6.45) is -0.741.